The van der Waals surface area contributed by atoms with Crippen LogP contribution in [0.4, 0.5) is 5.69 Å². The standard InChI is InChI=1S/C25H34N2O4S/c1-20-14-15-24(21(2)18-20)27(32(29,30)23-12-7-4-8-13-23)19-25(28)26-16-9-17-31-22-10-5-3-6-11-22/h4,7-8,12-15,18,22H,3,5-6,9-11,16-17,19H2,1-2H3,(H,26,28). The van der Waals surface area contributed by atoms with Crippen molar-refractivity contribution < 1.29 is 17.9 Å². The average Bonchev–Trinajstić information content (AvgIpc) is 2.79. The van der Waals surface area contributed by atoms with Crippen molar-refractivity contribution in [3.63, 3.8) is 0 Å². The number of nitrogens with zero attached hydrogens (tertiary/aromatic N) is 1. The highest BCUT2D eigenvalue weighted by atomic mass is 32.2. The number of carbonyl (C=O) groups excluding carboxylic acids is 1. The molecule has 7 heteroatoms. The zero-order valence-electron chi connectivity index (χ0n) is 19.0. The van der Waals surface area contributed by atoms with Gasteiger partial charge in [0.2, 0.25) is 5.91 Å². The van der Waals surface area contributed by atoms with E-state index in [1.54, 1.807) is 36.4 Å². The van der Waals surface area contributed by atoms with E-state index in [0.29, 0.717) is 31.4 Å². The maximum absolute atomic E-state index is 13.4. The van der Waals surface area contributed by atoms with Crippen LogP contribution < -0.4 is 9.62 Å². The number of nitrogens with one attached hydrogen (secondary N) is 1. The maximum atomic E-state index is 13.4. The van der Waals surface area contributed by atoms with Gasteiger partial charge in [0.25, 0.3) is 10.0 Å². The van der Waals surface area contributed by atoms with Gasteiger partial charge in [0.05, 0.1) is 16.7 Å². The van der Waals surface area contributed by atoms with Crippen LogP contribution >= 0.6 is 0 Å². The lowest BCUT2D eigenvalue weighted by molar-refractivity contribution is -0.119. The Morgan fingerprint density at radius 1 is 1.06 bits per heavy atom. The molecule has 0 saturated heterocycles. The monoisotopic (exact) mass is 458 g/mol. The van der Waals surface area contributed by atoms with Gasteiger partial charge < -0.3 is 10.1 Å². The molecule has 1 aliphatic carbocycles. The molecular formula is C25H34N2O4S. The third kappa shape index (κ3) is 6.56. The molecular weight excluding hydrogens is 424 g/mol. The molecule has 1 saturated carbocycles. The molecule has 32 heavy (non-hydrogen) atoms. The third-order valence-corrected chi connectivity index (χ3v) is 7.56. The first-order valence-electron chi connectivity index (χ1n) is 11.4. The normalized spacial score (nSPS) is 14.8. The first-order valence-corrected chi connectivity index (χ1v) is 12.9. The van der Waals surface area contributed by atoms with Crippen molar-refractivity contribution in [3.05, 3.63) is 59.7 Å². The van der Waals surface area contributed by atoms with Gasteiger partial charge in [-0.15, -0.1) is 0 Å². The lowest BCUT2D eigenvalue weighted by Crippen LogP contribution is -2.41. The molecule has 3 rings (SSSR count). The molecule has 0 bridgehead atoms. The number of hydrogen-bond donors (Lipinski definition) is 1. The fourth-order valence-corrected chi connectivity index (χ4v) is 5.58. The van der Waals surface area contributed by atoms with Gasteiger partial charge in [-0.3, -0.25) is 9.10 Å². The Balaban J connectivity index is 1.64. The first kappa shape index (κ1) is 24.3. The molecule has 0 unspecified atom stereocenters. The topological polar surface area (TPSA) is 75.7 Å². The van der Waals surface area contributed by atoms with E-state index in [1.165, 1.54) is 23.6 Å². The van der Waals surface area contributed by atoms with Crippen LogP contribution in [0.5, 0.6) is 0 Å². The lowest BCUT2D eigenvalue weighted by atomic mass is 9.98. The maximum Gasteiger partial charge on any atom is 0.264 e. The summed E-state index contributed by atoms with van der Waals surface area (Å²) in [5, 5.41) is 2.85. The van der Waals surface area contributed by atoms with Crippen molar-refractivity contribution >= 4 is 21.6 Å². The molecule has 0 aliphatic heterocycles. The van der Waals surface area contributed by atoms with Crippen LogP contribution in [0.3, 0.4) is 0 Å². The first-order chi connectivity index (χ1) is 15.4. The van der Waals surface area contributed by atoms with Crippen LogP contribution in [0, 0.1) is 13.8 Å². The second-order valence-electron chi connectivity index (χ2n) is 8.45. The molecule has 0 radical (unpaired) electrons. The van der Waals surface area contributed by atoms with E-state index < -0.39 is 10.0 Å². The number of benzene rings is 2. The number of amides is 1. The predicted molar refractivity (Wildman–Crippen MR) is 127 cm³/mol. The highest BCUT2D eigenvalue weighted by Gasteiger charge is 2.28. The van der Waals surface area contributed by atoms with Crippen molar-refractivity contribution in [3.8, 4) is 0 Å². The van der Waals surface area contributed by atoms with Crippen molar-refractivity contribution in [2.75, 3.05) is 24.0 Å². The Kier molecular flexibility index (Phi) is 8.70. The summed E-state index contributed by atoms with van der Waals surface area (Å²) in [6.45, 7) is 4.60. The van der Waals surface area contributed by atoms with Gasteiger partial charge in [0, 0.05) is 13.2 Å². The van der Waals surface area contributed by atoms with E-state index >= 15 is 0 Å². The predicted octanol–water partition coefficient (Wildman–Crippen LogP) is 4.35. The summed E-state index contributed by atoms with van der Waals surface area (Å²) in [4.78, 5) is 12.9. The average molecular weight is 459 g/mol. The summed E-state index contributed by atoms with van der Waals surface area (Å²) in [7, 11) is -3.89. The molecule has 0 atom stereocenters. The Labute approximate surface area is 192 Å². The minimum atomic E-state index is -3.89. The highest BCUT2D eigenvalue weighted by molar-refractivity contribution is 7.92. The quantitative estimate of drug-likeness (QED) is 0.537. The summed E-state index contributed by atoms with van der Waals surface area (Å²) in [5.41, 5.74) is 2.35. The van der Waals surface area contributed by atoms with Gasteiger partial charge in [-0.2, -0.15) is 0 Å². The van der Waals surface area contributed by atoms with E-state index in [1.807, 2.05) is 26.0 Å². The second kappa shape index (κ2) is 11.5. The lowest BCUT2D eigenvalue weighted by Gasteiger charge is -2.26. The van der Waals surface area contributed by atoms with Gasteiger partial charge >= 0.3 is 0 Å². The van der Waals surface area contributed by atoms with E-state index in [9.17, 15) is 13.2 Å². The van der Waals surface area contributed by atoms with Gasteiger partial charge in [0.1, 0.15) is 6.54 Å². The number of anilines is 1. The summed E-state index contributed by atoms with van der Waals surface area (Å²) >= 11 is 0. The van der Waals surface area contributed by atoms with Crippen LogP contribution in [0.2, 0.25) is 0 Å². The molecule has 174 valence electrons. The molecule has 0 aromatic heterocycles. The van der Waals surface area contributed by atoms with E-state index in [-0.39, 0.29) is 17.3 Å². The smallest absolute Gasteiger partial charge is 0.264 e. The summed E-state index contributed by atoms with van der Waals surface area (Å²) in [6.07, 6.45) is 7.03. The van der Waals surface area contributed by atoms with Gasteiger partial charge in [-0.1, -0.05) is 55.2 Å². The molecule has 1 amide bonds. The second-order valence-corrected chi connectivity index (χ2v) is 10.3. The van der Waals surface area contributed by atoms with Crippen LogP contribution in [0.25, 0.3) is 0 Å². The molecule has 2 aromatic rings. The number of aryl methyl sites for hydroxylation is 2. The van der Waals surface area contributed by atoms with Crippen molar-refractivity contribution in [2.45, 2.75) is 63.4 Å². The number of sulfonamides is 1. The van der Waals surface area contributed by atoms with Crippen molar-refractivity contribution in [1.82, 2.24) is 5.32 Å². The molecule has 0 heterocycles. The minimum absolute atomic E-state index is 0.161. The Hall–Kier alpha value is -2.38. The minimum Gasteiger partial charge on any atom is -0.378 e. The zero-order valence-corrected chi connectivity index (χ0v) is 19.9. The summed E-state index contributed by atoms with van der Waals surface area (Å²) < 4.78 is 33.9. The van der Waals surface area contributed by atoms with E-state index in [0.717, 1.165) is 24.0 Å². The van der Waals surface area contributed by atoms with Gasteiger partial charge in [0.15, 0.2) is 0 Å². The Bertz CT molecular complexity index is 986. The van der Waals surface area contributed by atoms with Crippen LogP contribution in [-0.2, 0) is 19.6 Å². The van der Waals surface area contributed by atoms with Crippen LogP contribution in [0.1, 0.15) is 49.7 Å². The number of hydrogen-bond acceptors (Lipinski definition) is 4. The molecule has 1 aliphatic rings. The van der Waals surface area contributed by atoms with Crippen molar-refractivity contribution in [2.24, 2.45) is 0 Å². The van der Waals surface area contributed by atoms with Crippen LogP contribution in [-0.4, -0.2) is 40.1 Å². The Morgan fingerprint density at radius 3 is 2.47 bits per heavy atom. The number of ether oxygens (including phenoxy) is 1. The molecule has 0 spiro atoms. The van der Waals surface area contributed by atoms with E-state index in [4.69, 9.17) is 4.74 Å². The fourth-order valence-electron chi connectivity index (χ4n) is 4.07. The third-order valence-electron chi connectivity index (χ3n) is 5.79. The molecule has 2 aromatic carbocycles. The van der Waals surface area contributed by atoms with Gasteiger partial charge in [-0.25, -0.2) is 8.42 Å². The molecule has 1 N–H and O–H groups in total. The SMILES string of the molecule is Cc1ccc(N(CC(=O)NCCCOC2CCCCC2)S(=O)(=O)c2ccccc2)c(C)c1. The molecule has 6 nitrogen and oxygen atoms in total. The fraction of sp³-hybridized carbons (Fsp3) is 0.480. The summed E-state index contributed by atoms with van der Waals surface area (Å²) in [6, 6.07) is 13.8. The van der Waals surface area contributed by atoms with Crippen LogP contribution in [0.15, 0.2) is 53.4 Å². The summed E-state index contributed by atoms with van der Waals surface area (Å²) in [5.74, 6) is -0.331. The van der Waals surface area contributed by atoms with Gasteiger partial charge in [-0.05, 0) is 56.9 Å². The largest absolute Gasteiger partial charge is 0.378 e. The van der Waals surface area contributed by atoms with E-state index in [2.05, 4.69) is 5.32 Å². The van der Waals surface area contributed by atoms with Crippen molar-refractivity contribution in [1.29, 1.82) is 0 Å². The molecule has 1 fully saturated rings. The highest BCUT2D eigenvalue weighted by Crippen LogP contribution is 2.27. The number of rotatable bonds is 10. The zero-order chi connectivity index (χ0) is 23.0. The Morgan fingerprint density at radius 2 is 1.78 bits per heavy atom. The number of carbonyl (C=O) groups is 1.